The number of nitrogens with zero attached hydrogens (tertiary/aromatic N) is 3. The van der Waals surface area contributed by atoms with Gasteiger partial charge in [-0.05, 0) is 31.0 Å². The van der Waals surface area contributed by atoms with Gasteiger partial charge < -0.3 is 10.1 Å². The molecule has 1 aliphatic rings. The average Bonchev–Trinajstić information content (AvgIpc) is 2.97. The van der Waals surface area contributed by atoms with Crippen LogP contribution >= 0.6 is 0 Å². The highest BCUT2D eigenvalue weighted by Gasteiger charge is 2.25. The largest absolute Gasteiger partial charge is 0.367 e. The minimum absolute atomic E-state index is 0.0135. The molecule has 1 aliphatic heterocycles. The summed E-state index contributed by atoms with van der Waals surface area (Å²) in [6.07, 6.45) is 3.66. The second-order valence-corrected chi connectivity index (χ2v) is 4.87. The first-order valence-electron chi connectivity index (χ1n) is 6.60. The van der Waals surface area contributed by atoms with Gasteiger partial charge in [0.15, 0.2) is 0 Å². The number of ether oxygens (including phenoxy) is 1. The summed E-state index contributed by atoms with van der Waals surface area (Å²) in [5.74, 6) is -0.0499. The van der Waals surface area contributed by atoms with Crippen molar-refractivity contribution >= 4 is 5.91 Å². The SMILES string of the molecule is C[C@H]1OC[C@@H](Cc2cccc(-n3nccn3)c2)NC1=O. The fourth-order valence-electron chi connectivity index (χ4n) is 2.25. The number of morpholine rings is 1. The lowest BCUT2D eigenvalue weighted by molar-refractivity contribution is -0.139. The number of amides is 1. The van der Waals surface area contributed by atoms with Crippen molar-refractivity contribution in [3.05, 3.63) is 42.2 Å². The summed E-state index contributed by atoms with van der Waals surface area (Å²) in [6, 6.07) is 7.96. The summed E-state index contributed by atoms with van der Waals surface area (Å²) in [5, 5.41) is 11.2. The van der Waals surface area contributed by atoms with Gasteiger partial charge in [0, 0.05) is 0 Å². The number of carbonyl (C=O) groups is 1. The van der Waals surface area contributed by atoms with E-state index < -0.39 is 0 Å². The number of hydrogen-bond acceptors (Lipinski definition) is 4. The van der Waals surface area contributed by atoms with Crippen molar-refractivity contribution in [3.8, 4) is 5.69 Å². The number of aromatic nitrogens is 3. The normalized spacial score (nSPS) is 22.6. The second kappa shape index (κ2) is 5.42. The lowest BCUT2D eigenvalue weighted by Gasteiger charge is -2.27. The molecule has 20 heavy (non-hydrogen) atoms. The molecule has 0 saturated carbocycles. The van der Waals surface area contributed by atoms with E-state index in [1.54, 1.807) is 24.1 Å². The number of benzene rings is 1. The molecule has 0 unspecified atom stereocenters. The third-order valence-corrected chi connectivity index (χ3v) is 3.31. The van der Waals surface area contributed by atoms with Crippen molar-refractivity contribution in [3.63, 3.8) is 0 Å². The topological polar surface area (TPSA) is 69.0 Å². The zero-order valence-corrected chi connectivity index (χ0v) is 11.2. The molecule has 1 aromatic carbocycles. The molecular weight excluding hydrogens is 256 g/mol. The fraction of sp³-hybridized carbons (Fsp3) is 0.357. The van der Waals surface area contributed by atoms with Gasteiger partial charge in [-0.2, -0.15) is 15.0 Å². The van der Waals surface area contributed by atoms with Crippen LogP contribution in [0.5, 0.6) is 0 Å². The molecule has 2 atom stereocenters. The van der Waals surface area contributed by atoms with E-state index in [9.17, 15) is 4.79 Å². The molecule has 1 fully saturated rings. The van der Waals surface area contributed by atoms with Crippen LogP contribution in [0.25, 0.3) is 5.69 Å². The molecule has 0 aliphatic carbocycles. The van der Waals surface area contributed by atoms with Gasteiger partial charge in [0.05, 0.1) is 30.7 Å². The van der Waals surface area contributed by atoms with Gasteiger partial charge in [-0.3, -0.25) is 4.79 Å². The Labute approximate surface area is 116 Å². The average molecular weight is 272 g/mol. The Morgan fingerprint density at radius 2 is 2.20 bits per heavy atom. The molecule has 1 saturated heterocycles. The van der Waals surface area contributed by atoms with E-state index in [2.05, 4.69) is 15.5 Å². The van der Waals surface area contributed by atoms with Crippen LogP contribution in [0.4, 0.5) is 0 Å². The maximum absolute atomic E-state index is 11.6. The lowest BCUT2D eigenvalue weighted by Crippen LogP contribution is -2.50. The van der Waals surface area contributed by atoms with E-state index in [0.717, 1.165) is 17.7 Å². The van der Waals surface area contributed by atoms with Crippen LogP contribution in [-0.4, -0.2) is 39.7 Å². The first kappa shape index (κ1) is 12.8. The highest BCUT2D eigenvalue weighted by Crippen LogP contribution is 2.12. The monoisotopic (exact) mass is 272 g/mol. The van der Waals surface area contributed by atoms with Crippen LogP contribution in [0, 0.1) is 0 Å². The third-order valence-electron chi connectivity index (χ3n) is 3.31. The molecule has 104 valence electrons. The first-order chi connectivity index (χ1) is 9.72. The fourth-order valence-corrected chi connectivity index (χ4v) is 2.25. The molecule has 2 aromatic rings. The number of carbonyl (C=O) groups excluding carboxylic acids is 1. The summed E-state index contributed by atoms with van der Waals surface area (Å²) in [7, 11) is 0. The Bertz CT molecular complexity index is 597. The molecule has 1 aromatic heterocycles. The summed E-state index contributed by atoms with van der Waals surface area (Å²) in [4.78, 5) is 13.2. The van der Waals surface area contributed by atoms with Crippen LogP contribution in [0.15, 0.2) is 36.7 Å². The summed E-state index contributed by atoms with van der Waals surface area (Å²) < 4.78 is 5.44. The zero-order chi connectivity index (χ0) is 13.9. The van der Waals surface area contributed by atoms with Gasteiger partial charge in [-0.1, -0.05) is 12.1 Å². The van der Waals surface area contributed by atoms with Crippen molar-refractivity contribution in [1.29, 1.82) is 0 Å². The van der Waals surface area contributed by atoms with Crippen LogP contribution in [0.3, 0.4) is 0 Å². The van der Waals surface area contributed by atoms with E-state index in [4.69, 9.17) is 4.74 Å². The van der Waals surface area contributed by atoms with E-state index in [0.29, 0.717) is 6.61 Å². The molecule has 3 rings (SSSR count). The molecule has 1 N–H and O–H groups in total. The quantitative estimate of drug-likeness (QED) is 0.893. The van der Waals surface area contributed by atoms with E-state index >= 15 is 0 Å². The molecular formula is C14H16N4O2. The van der Waals surface area contributed by atoms with Gasteiger partial charge in [0.25, 0.3) is 0 Å². The summed E-state index contributed by atoms with van der Waals surface area (Å²) >= 11 is 0. The highest BCUT2D eigenvalue weighted by molar-refractivity contribution is 5.81. The second-order valence-electron chi connectivity index (χ2n) is 4.87. The Morgan fingerprint density at radius 3 is 2.95 bits per heavy atom. The van der Waals surface area contributed by atoms with E-state index in [1.165, 1.54) is 0 Å². The zero-order valence-electron chi connectivity index (χ0n) is 11.2. The van der Waals surface area contributed by atoms with E-state index in [1.807, 2.05) is 24.3 Å². The predicted octanol–water partition coefficient (Wildman–Crippen LogP) is 0.713. The molecule has 0 spiro atoms. The minimum Gasteiger partial charge on any atom is -0.367 e. The molecule has 0 radical (unpaired) electrons. The minimum atomic E-state index is -0.356. The van der Waals surface area contributed by atoms with Crippen LogP contribution < -0.4 is 5.32 Å². The molecule has 2 heterocycles. The maximum atomic E-state index is 11.6. The van der Waals surface area contributed by atoms with Gasteiger partial charge in [-0.25, -0.2) is 0 Å². The van der Waals surface area contributed by atoms with Gasteiger partial charge in [0.2, 0.25) is 5.91 Å². The van der Waals surface area contributed by atoms with Crippen molar-refractivity contribution < 1.29 is 9.53 Å². The number of nitrogens with one attached hydrogen (secondary N) is 1. The third kappa shape index (κ3) is 2.70. The Hall–Kier alpha value is -2.21. The lowest BCUT2D eigenvalue weighted by atomic mass is 10.0. The van der Waals surface area contributed by atoms with Crippen LogP contribution in [-0.2, 0) is 16.0 Å². The maximum Gasteiger partial charge on any atom is 0.249 e. The Balaban J connectivity index is 1.72. The molecule has 6 nitrogen and oxygen atoms in total. The van der Waals surface area contributed by atoms with Gasteiger partial charge in [-0.15, -0.1) is 0 Å². The number of rotatable bonds is 3. The van der Waals surface area contributed by atoms with Crippen LogP contribution in [0.1, 0.15) is 12.5 Å². The molecule has 6 heteroatoms. The standard InChI is InChI=1S/C14H16N4O2/c1-10-14(19)17-12(9-20-10)7-11-3-2-4-13(8-11)18-15-5-6-16-18/h2-6,8,10,12H,7,9H2,1H3,(H,17,19)/t10-,12-/m1/s1. The highest BCUT2D eigenvalue weighted by atomic mass is 16.5. The van der Waals surface area contributed by atoms with Gasteiger partial charge in [0.1, 0.15) is 6.10 Å². The van der Waals surface area contributed by atoms with Crippen molar-refractivity contribution in [2.45, 2.75) is 25.5 Å². The van der Waals surface area contributed by atoms with Gasteiger partial charge >= 0.3 is 0 Å². The summed E-state index contributed by atoms with van der Waals surface area (Å²) in [5.41, 5.74) is 2.02. The molecule has 1 amide bonds. The Morgan fingerprint density at radius 1 is 1.40 bits per heavy atom. The summed E-state index contributed by atoms with van der Waals surface area (Å²) in [6.45, 7) is 2.30. The van der Waals surface area contributed by atoms with Crippen molar-refractivity contribution in [2.24, 2.45) is 0 Å². The van der Waals surface area contributed by atoms with Crippen LogP contribution in [0.2, 0.25) is 0 Å². The van der Waals surface area contributed by atoms with Crippen molar-refractivity contribution in [2.75, 3.05) is 6.61 Å². The smallest absolute Gasteiger partial charge is 0.249 e. The predicted molar refractivity (Wildman–Crippen MR) is 72.4 cm³/mol. The van der Waals surface area contributed by atoms with E-state index in [-0.39, 0.29) is 18.1 Å². The molecule has 0 bridgehead atoms. The first-order valence-corrected chi connectivity index (χ1v) is 6.60. The van der Waals surface area contributed by atoms with Crippen molar-refractivity contribution in [1.82, 2.24) is 20.3 Å². The Kier molecular flexibility index (Phi) is 3.47. The number of hydrogen-bond donors (Lipinski definition) is 1.